The normalized spacial score (nSPS) is 15.0. The van der Waals surface area contributed by atoms with Gasteiger partial charge < -0.3 is 13.9 Å². The molecule has 0 aromatic rings. The van der Waals surface area contributed by atoms with Gasteiger partial charge in [0.1, 0.15) is 0 Å². The molecule has 1 atom stereocenters. The Balaban J connectivity index is 4.05. The summed E-state index contributed by atoms with van der Waals surface area (Å²) in [6, 6.07) is 0. The fraction of sp³-hybridized carbons (Fsp3) is 1.00. The largest absolute Gasteiger partial charge is 0.414 e. The molecule has 0 aliphatic carbocycles. The van der Waals surface area contributed by atoms with Crippen LogP contribution in [0.25, 0.3) is 0 Å². The second-order valence-corrected chi connectivity index (χ2v) is 10.8. The predicted molar refractivity (Wildman–Crippen MR) is 75.1 cm³/mol. The second-order valence-electron chi connectivity index (χ2n) is 5.97. The standard InChI is InChI=1S/C13H30O3Si/c1-8-12(15-10-9-14-5)11-16-17(6,7)13(2,3)4/h12H,8-11H2,1-7H3/t12-/m0/s1. The van der Waals surface area contributed by atoms with Crippen LogP contribution in [0.4, 0.5) is 0 Å². The molecule has 0 fully saturated rings. The second kappa shape index (κ2) is 7.51. The van der Waals surface area contributed by atoms with Crippen LogP contribution in [0.5, 0.6) is 0 Å². The van der Waals surface area contributed by atoms with E-state index in [1.165, 1.54) is 0 Å². The summed E-state index contributed by atoms with van der Waals surface area (Å²) in [6.45, 7) is 15.4. The SMILES string of the molecule is CC[C@@H](CO[Si](C)(C)C(C)(C)C)OCCOC. The van der Waals surface area contributed by atoms with Gasteiger partial charge in [0.15, 0.2) is 8.32 Å². The molecule has 104 valence electrons. The lowest BCUT2D eigenvalue weighted by atomic mass is 10.2. The molecule has 0 aromatic carbocycles. The first-order valence-corrected chi connectivity index (χ1v) is 9.40. The molecule has 0 aromatic heterocycles. The van der Waals surface area contributed by atoms with Crippen LogP contribution in [-0.2, 0) is 13.9 Å². The molecule has 0 saturated carbocycles. The Morgan fingerprint density at radius 2 is 1.71 bits per heavy atom. The molecule has 0 bridgehead atoms. The predicted octanol–water partition coefficient (Wildman–Crippen LogP) is 3.45. The number of hydrogen-bond acceptors (Lipinski definition) is 3. The third kappa shape index (κ3) is 6.55. The van der Waals surface area contributed by atoms with E-state index in [9.17, 15) is 0 Å². The van der Waals surface area contributed by atoms with Crippen LogP contribution >= 0.6 is 0 Å². The molecule has 0 unspecified atom stereocenters. The molecule has 0 aliphatic rings. The summed E-state index contributed by atoms with van der Waals surface area (Å²) in [5.41, 5.74) is 0. The third-order valence-corrected chi connectivity index (χ3v) is 8.03. The van der Waals surface area contributed by atoms with Crippen molar-refractivity contribution in [3.8, 4) is 0 Å². The maximum atomic E-state index is 6.15. The van der Waals surface area contributed by atoms with E-state index in [4.69, 9.17) is 13.9 Å². The van der Waals surface area contributed by atoms with Gasteiger partial charge in [-0.3, -0.25) is 0 Å². The summed E-state index contributed by atoms with van der Waals surface area (Å²) >= 11 is 0. The fourth-order valence-electron chi connectivity index (χ4n) is 1.10. The lowest BCUT2D eigenvalue weighted by Gasteiger charge is -2.37. The monoisotopic (exact) mass is 262 g/mol. The van der Waals surface area contributed by atoms with Gasteiger partial charge in [0.2, 0.25) is 0 Å². The van der Waals surface area contributed by atoms with Gasteiger partial charge in [0.25, 0.3) is 0 Å². The van der Waals surface area contributed by atoms with Gasteiger partial charge in [0.05, 0.1) is 25.9 Å². The van der Waals surface area contributed by atoms with Crippen molar-refractivity contribution < 1.29 is 13.9 Å². The molecular formula is C13H30O3Si. The molecule has 4 heteroatoms. The number of methoxy groups -OCH3 is 1. The average molecular weight is 262 g/mol. The van der Waals surface area contributed by atoms with Gasteiger partial charge >= 0.3 is 0 Å². The van der Waals surface area contributed by atoms with E-state index in [1.54, 1.807) is 7.11 Å². The third-order valence-electron chi connectivity index (χ3n) is 3.53. The van der Waals surface area contributed by atoms with E-state index in [-0.39, 0.29) is 11.1 Å². The maximum Gasteiger partial charge on any atom is 0.192 e. The van der Waals surface area contributed by atoms with Crippen molar-refractivity contribution in [3.05, 3.63) is 0 Å². The van der Waals surface area contributed by atoms with Crippen LogP contribution in [0, 0.1) is 0 Å². The molecule has 0 radical (unpaired) electrons. The summed E-state index contributed by atoms with van der Waals surface area (Å²) in [7, 11) is 0.0482. The Bertz CT molecular complexity index is 199. The molecule has 0 amide bonds. The highest BCUT2D eigenvalue weighted by Crippen LogP contribution is 2.36. The summed E-state index contributed by atoms with van der Waals surface area (Å²) in [5.74, 6) is 0. The van der Waals surface area contributed by atoms with Crippen molar-refractivity contribution in [2.45, 2.75) is 58.4 Å². The van der Waals surface area contributed by atoms with Gasteiger partial charge in [0, 0.05) is 7.11 Å². The zero-order valence-corrected chi connectivity index (χ0v) is 13.6. The van der Waals surface area contributed by atoms with Crippen molar-refractivity contribution in [1.29, 1.82) is 0 Å². The molecule has 0 aliphatic heterocycles. The molecule has 0 N–H and O–H groups in total. The number of rotatable bonds is 8. The van der Waals surface area contributed by atoms with Crippen LogP contribution in [0.3, 0.4) is 0 Å². The van der Waals surface area contributed by atoms with Crippen LogP contribution in [0.2, 0.25) is 18.1 Å². The van der Waals surface area contributed by atoms with E-state index in [2.05, 4.69) is 40.8 Å². The zero-order chi connectivity index (χ0) is 13.5. The highest BCUT2D eigenvalue weighted by molar-refractivity contribution is 6.74. The molecule has 0 saturated heterocycles. The lowest BCUT2D eigenvalue weighted by Crippen LogP contribution is -2.43. The van der Waals surface area contributed by atoms with Crippen LogP contribution < -0.4 is 0 Å². The van der Waals surface area contributed by atoms with Crippen molar-refractivity contribution in [2.24, 2.45) is 0 Å². The Morgan fingerprint density at radius 1 is 1.12 bits per heavy atom. The first-order valence-electron chi connectivity index (χ1n) is 6.49. The van der Waals surface area contributed by atoms with Crippen LogP contribution in [0.1, 0.15) is 34.1 Å². The number of ether oxygens (including phenoxy) is 2. The van der Waals surface area contributed by atoms with Crippen LogP contribution in [-0.4, -0.2) is 41.4 Å². The van der Waals surface area contributed by atoms with E-state index in [1.807, 2.05) is 0 Å². The fourth-order valence-corrected chi connectivity index (χ4v) is 2.14. The minimum atomic E-state index is -1.64. The topological polar surface area (TPSA) is 27.7 Å². The first kappa shape index (κ1) is 17.1. The maximum absolute atomic E-state index is 6.15. The molecule has 0 heterocycles. The Morgan fingerprint density at radius 3 is 2.12 bits per heavy atom. The van der Waals surface area contributed by atoms with Gasteiger partial charge in [-0.1, -0.05) is 27.7 Å². The summed E-state index contributed by atoms with van der Waals surface area (Å²) in [5, 5.41) is 0.262. The Kier molecular flexibility index (Phi) is 7.56. The highest BCUT2D eigenvalue weighted by Gasteiger charge is 2.37. The summed E-state index contributed by atoms with van der Waals surface area (Å²) in [4.78, 5) is 0. The van der Waals surface area contributed by atoms with E-state index >= 15 is 0 Å². The van der Waals surface area contributed by atoms with Crippen molar-refractivity contribution in [2.75, 3.05) is 26.9 Å². The molecule has 17 heavy (non-hydrogen) atoms. The quantitative estimate of drug-likeness (QED) is 0.495. The zero-order valence-electron chi connectivity index (χ0n) is 12.6. The van der Waals surface area contributed by atoms with Crippen molar-refractivity contribution in [1.82, 2.24) is 0 Å². The lowest BCUT2D eigenvalue weighted by molar-refractivity contribution is -0.00949. The summed E-state index contributed by atoms with van der Waals surface area (Å²) in [6.07, 6.45) is 1.18. The van der Waals surface area contributed by atoms with E-state index in [0.29, 0.717) is 19.8 Å². The van der Waals surface area contributed by atoms with Gasteiger partial charge in [-0.05, 0) is 24.6 Å². The number of hydrogen-bond donors (Lipinski definition) is 0. The van der Waals surface area contributed by atoms with Gasteiger partial charge in [-0.2, -0.15) is 0 Å². The minimum Gasteiger partial charge on any atom is -0.414 e. The highest BCUT2D eigenvalue weighted by atomic mass is 28.4. The molecule has 3 nitrogen and oxygen atoms in total. The molecule has 0 rings (SSSR count). The Hall–Kier alpha value is 0.0969. The van der Waals surface area contributed by atoms with Crippen molar-refractivity contribution in [3.63, 3.8) is 0 Å². The van der Waals surface area contributed by atoms with Crippen molar-refractivity contribution >= 4 is 8.32 Å². The molecule has 0 spiro atoms. The first-order chi connectivity index (χ1) is 7.74. The van der Waals surface area contributed by atoms with E-state index < -0.39 is 8.32 Å². The Labute approximate surface area is 108 Å². The smallest absolute Gasteiger partial charge is 0.192 e. The minimum absolute atomic E-state index is 0.194. The summed E-state index contributed by atoms with van der Waals surface area (Å²) < 4.78 is 16.8. The van der Waals surface area contributed by atoms with E-state index in [0.717, 1.165) is 6.42 Å². The molecular weight excluding hydrogens is 232 g/mol. The van der Waals surface area contributed by atoms with Gasteiger partial charge in [-0.15, -0.1) is 0 Å². The van der Waals surface area contributed by atoms with Crippen LogP contribution in [0.15, 0.2) is 0 Å². The average Bonchev–Trinajstić information content (AvgIpc) is 2.21. The van der Waals surface area contributed by atoms with Gasteiger partial charge in [-0.25, -0.2) is 0 Å².